The Kier molecular flexibility index (Phi) is 3.41. The first kappa shape index (κ1) is 9.80. The Hall–Kier alpha value is -1.74. The van der Waals surface area contributed by atoms with Gasteiger partial charge in [0.2, 0.25) is 0 Å². The number of thiazole rings is 1. The van der Waals surface area contributed by atoms with Crippen molar-refractivity contribution in [2.24, 2.45) is 0 Å². The first-order chi connectivity index (χ1) is 7.47. The average Bonchev–Trinajstić information content (AvgIpc) is 2.80. The van der Waals surface area contributed by atoms with Gasteiger partial charge in [-0.1, -0.05) is 18.2 Å². The summed E-state index contributed by atoms with van der Waals surface area (Å²) in [6.07, 6.45) is 3.50. The predicted octanol–water partition coefficient (Wildman–Crippen LogP) is 3.38. The lowest BCUT2D eigenvalue weighted by molar-refractivity contribution is 1.33. The molecule has 0 fully saturated rings. The Morgan fingerprint density at radius 3 is 2.27 bits per heavy atom. The molecular weight excluding hydrogens is 204 g/mol. The zero-order valence-electron chi connectivity index (χ0n) is 8.08. The van der Waals surface area contributed by atoms with E-state index in [2.05, 4.69) is 16.0 Å². The highest BCUT2D eigenvalue weighted by atomic mass is 32.1. The molecule has 0 amide bonds. The molecule has 2 aromatic heterocycles. The molecule has 0 unspecified atom stereocenters. The zero-order valence-corrected chi connectivity index (χ0v) is 8.89. The van der Waals surface area contributed by atoms with Gasteiger partial charge in [-0.3, -0.25) is 4.98 Å². The van der Waals surface area contributed by atoms with E-state index in [0.29, 0.717) is 0 Å². The maximum Gasteiger partial charge on any atom is 0.0812 e. The normalized spacial score (nSPS) is 9.33. The number of fused-ring (bicyclic) bond motifs is 1. The number of benzene rings is 1. The average molecular weight is 214 g/mol. The second kappa shape index (κ2) is 5.22. The maximum atomic E-state index is 4.14. The summed E-state index contributed by atoms with van der Waals surface area (Å²) in [5.41, 5.74) is 2.97. The van der Waals surface area contributed by atoms with Crippen molar-refractivity contribution in [2.45, 2.75) is 0 Å². The van der Waals surface area contributed by atoms with E-state index in [1.807, 2.05) is 41.9 Å². The fourth-order valence-corrected chi connectivity index (χ4v) is 1.79. The first-order valence-electron chi connectivity index (χ1n) is 4.60. The Bertz CT molecular complexity index is 448. The Morgan fingerprint density at radius 1 is 0.867 bits per heavy atom. The number of hydrogen-bond acceptors (Lipinski definition) is 3. The molecule has 0 atom stereocenters. The third kappa shape index (κ3) is 2.86. The van der Waals surface area contributed by atoms with Crippen molar-refractivity contribution >= 4 is 21.6 Å². The number of hydrogen-bond donors (Lipinski definition) is 0. The number of aromatic nitrogens is 2. The van der Waals surface area contributed by atoms with Crippen molar-refractivity contribution in [1.29, 1.82) is 0 Å². The third-order valence-electron chi connectivity index (χ3n) is 1.80. The summed E-state index contributed by atoms with van der Waals surface area (Å²) in [6.45, 7) is 0. The summed E-state index contributed by atoms with van der Waals surface area (Å²) in [5, 5.41) is 0. The minimum absolute atomic E-state index is 1.10. The van der Waals surface area contributed by atoms with E-state index >= 15 is 0 Å². The standard InChI is InChI=1S/C7H5NS.C5H5N/c1-2-4-7-6(3-1)8-5-9-7;1-2-4-6-5-3-1/h1-5H;1-5H. The first-order valence-corrected chi connectivity index (χ1v) is 5.48. The summed E-state index contributed by atoms with van der Waals surface area (Å²) in [5.74, 6) is 0. The molecule has 3 aromatic rings. The SMILES string of the molecule is c1ccc2scnc2c1.c1ccncc1. The van der Waals surface area contributed by atoms with Crippen LogP contribution in [0.2, 0.25) is 0 Å². The van der Waals surface area contributed by atoms with Crippen LogP contribution in [-0.2, 0) is 0 Å². The van der Waals surface area contributed by atoms with E-state index in [9.17, 15) is 0 Å². The van der Waals surface area contributed by atoms with E-state index in [-0.39, 0.29) is 0 Å². The summed E-state index contributed by atoms with van der Waals surface area (Å²) < 4.78 is 1.26. The number of nitrogens with zero attached hydrogens (tertiary/aromatic N) is 2. The molecule has 2 nitrogen and oxygen atoms in total. The van der Waals surface area contributed by atoms with E-state index < -0.39 is 0 Å². The molecule has 0 aliphatic heterocycles. The van der Waals surface area contributed by atoms with Crippen LogP contribution in [0.4, 0.5) is 0 Å². The summed E-state index contributed by atoms with van der Waals surface area (Å²) in [4.78, 5) is 7.92. The molecule has 0 spiro atoms. The predicted molar refractivity (Wildman–Crippen MR) is 63.9 cm³/mol. The molecule has 1 aromatic carbocycles. The topological polar surface area (TPSA) is 25.8 Å². The molecule has 74 valence electrons. The minimum Gasteiger partial charge on any atom is -0.265 e. The van der Waals surface area contributed by atoms with E-state index in [1.54, 1.807) is 23.7 Å². The quantitative estimate of drug-likeness (QED) is 0.573. The van der Waals surface area contributed by atoms with Gasteiger partial charge in [-0.25, -0.2) is 4.98 Å². The van der Waals surface area contributed by atoms with Gasteiger partial charge in [0.05, 0.1) is 15.7 Å². The van der Waals surface area contributed by atoms with Gasteiger partial charge < -0.3 is 0 Å². The number of para-hydroxylation sites is 1. The fraction of sp³-hybridized carbons (Fsp3) is 0. The molecule has 0 bridgehead atoms. The van der Waals surface area contributed by atoms with E-state index in [4.69, 9.17) is 0 Å². The molecule has 0 aliphatic rings. The Labute approximate surface area is 92.3 Å². The summed E-state index contributed by atoms with van der Waals surface area (Å²) >= 11 is 1.68. The fourth-order valence-electron chi connectivity index (χ4n) is 1.12. The Balaban J connectivity index is 0.000000124. The molecule has 15 heavy (non-hydrogen) atoms. The lowest BCUT2D eigenvalue weighted by Crippen LogP contribution is -1.61. The van der Waals surface area contributed by atoms with Crippen molar-refractivity contribution < 1.29 is 0 Å². The van der Waals surface area contributed by atoms with Gasteiger partial charge in [0.1, 0.15) is 0 Å². The van der Waals surface area contributed by atoms with Gasteiger partial charge in [-0.2, -0.15) is 0 Å². The minimum atomic E-state index is 1.10. The van der Waals surface area contributed by atoms with Crippen molar-refractivity contribution in [2.75, 3.05) is 0 Å². The number of pyridine rings is 1. The highest BCUT2D eigenvalue weighted by Crippen LogP contribution is 2.15. The van der Waals surface area contributed by atoms with Crippen LogP contribution in [0.5, 0.6) is 0 Å². The van der Waals surface area contributed by atoms with Crippen LogP contribution in [0.1, 0.15) is 0 Å². The molecule has 0 saturated carbocycles. The Morgan fingerprint density at radius 2 is 1.67 bits per heavy atom. The molecule has 0 N–H and O–H groups in total. The lowest BCUT2D eigenvalue weighted by atomic mass is 10.3. The van der Waals surface area contributed by atoms with Crippen LogP contribution in [-0.4, -0.2) is 9.97 Å². The monoisotopic (exact) mass is 214 g/mol. The summed E-state index contributed by atoms with van der Waals surface area (Å²) in [7, 11) is 0. The van der Waals surface area contributed by atoms with Crippen LogP contribution in [0.15, 0.2) is 60.4 Å². The van der Waals surface area contributed by atoms with Crippen molar-refractivity contribution in [3.8, 4) is 0 Å². The zero-order chi connectivity index (χ0) is 10.3. The number of rotatable bonds is 0. The molecule has 0 aliphatic carbocycles. The highest BCUT2D eigenvalue weighted by Gasteiger charge is 1.89. The van der Waals surface area contributed by atoms with Crippen LogP contribution >= 0.6 is 11.3 Å². The van der Waals surface area contributed by atoms with E-state index in [1.165, 1.54) is 4.70 Å². The maximum absolute atomic E-state index is 4.14. The second-order valence-corrected chi connectivity index (χ2v) is 3.73. The van der Waals surface area contributed by atoms with Crippen LogP contribution in [0.25, 0.3) is 10.2 Å². The molecule has 3 rings (SSSR count). The van der Waals surface area contributed by atoms with Crippen molar-refractivity contribution in [3.05, 3.63) is 60.4 Å². The third-order valence-corrected chi connectivity index (χ3v) is 2.61. The van der Waals surface area contributed by atoms with Gasteiger partial charge in [0, 0.05) is 12.4 Å². The lowest BCUT2D eigenvalue weighted by Gasteiger charge is -1.80. The van der Waals surface area contributed by atoms with Gasteiger partial charge in [-0.05, 0) is 24.3 Å². The van der Waals surface area contributed by atoms with Gasteiger partial charge >= 0.3 is 0 Å². The van der Waals surface area contributed by atoms with Crippen molar-refractivity contribution in [3.63, 3.8) is 0 Å². The van der Waals surface area contributed by atoms with Gasteiger partial charge in [-0.15, -0.1) is 11.3 Å². The largest absolute Gasteiger partial charge is 0.265 e. The smallest absolute Gasteiger partial charge is 0.0812 e. The molecular formula is C12H10N2S. The molecule has 0 radical (unpaired) electrons. The van der Waals surface area contributed by atoms with Crippen molar-refractivity contribution in [1.82, 2.24) is 9.97 Å². The molecule has 3 heteroatoms. The van der Waals surface area contributed by atoms with Crippen LogP contribution < -0.4 is 0 Å². The van der Waals surface area contributed by atoms with Crippen LogP contribution in [0.3, 0.4) is 0 Å². The van der Waals surface area contributed by atoms with Crippen LogP contribution in [0, 0.1) is 0 Å². The molecule has 0 saturated heterocycles. The highest BCUT2D eigenvalue weighted by molar-refractivity contribution is 7.16. The molecule has 2 heterocycles. The van der Waals surface area contributed by atoms with E-state index in [0.717, 1.165) is 5.52 Å². The second-order valence-electron chi connectivity index (χ2n) is 2.84. The van der Waals surface area contributed by atoms with Gasteiger partial charge in [0.15, 0.2) is 0 Å². The van der Waals surface area contributed by atoms with Gasteiger partial charge in [0.25, 0.3) is 0 Å². The summed E-state index contributed by atoms with van der Waals surface area (Å²) in [6, 6.07) is 13.8.